The molecule has 0 aromatic rings. The maximum atomic E-state index is 11.9. The number of amidine groups is 1. The van der Waals surface area contributed by atoms with E-state index in [4.69, 9.17) is 4.99 Å². The largest absolute Gasteiger partial charge is 0.357 e. The third-order valence-corrected chi connectivity index (χ3v) is 4.50. The van der Waals surface area contributed by atoms with Gasteiger partial charge in [-0.3, -0.25) is 9.79 Å². The summed E-state index contributed by atoms with van der Waals surface area (Å²) in [6.45, 7) is 9.33. The Bertz CT molecular complexity index is 357. The molecule has 0 bridgehead atoms. The van der Waals surface area contributed by atoms with E-state index in [9.17, 15) is 4.79 Å². The van der Waals surface area contributed by atoms with Gasteiger partial charge in [0.25, 0.3) is 0 Å². The zero-order chi connectivity index (χ0) is 14.5. The molecule has 4 nitrogen and oxygen atoms in total. The molecule has 0 atom stereocenters. The molecule has 1 heterocycles. The van der Waals surface area contributed by atoms with E-state index >= 15 is 0 Å². The first-order valence-electron chi connectivity index (χ1n) is 8.22. The summed E-state index contributed by atoms with van der Waals surface area (Å²) in [4.78, 5) is 19.2. The smallest absolute Gasteiger partial charge is 0.223 e. The van der Waals surface area contributed by atoms with Crippen LogP contribution >= 0.6 is 0 Å². The maximum Gasteiger partial charge on any atom is 0.223 e. The Balaban J connectivity index is 1.91. The molecule has 1 aliphatic carbocycles. The van der Waals surface area contributed by atoms with Crippen molar-refractivity contribution in [3.8, 4) is 0 Å². The van der Waals surface area contributed by atoms with Crippen LogP contribution in [0.25, 0.3) is 0 Å². The summed E-state index contributed by atoms with van der Waals surface area (Å²) in [5, 5.41) is 2.96. The standard InChI is InChI=1S/C16H29N3O/c1-4-17-16(20)13-6-8-14(9-7-13)19-11-5-10-18-15(19)12(2)3/h12-14H,4-11H2,1-3H3,(H,17,20). The number of nitrogens with one attached hydrogen (secondary N) is 1. The zero-order valence-corrected chi connectivity index (χ0v) is 13.2. The van der Waals surface area contributed by atoms with E-state index in [-0.39, 0.29) is 11.8 Å². The summed E-state index contributed by atoms with van der Waals surface area (Å²) in [6.07, 6.45) is 5.49. The van der Waals surface area contributed by atoms with Crippen LogP contribution in [0.4, 0.5) is 0 Å². The normalized spacial score (nSPS) is 27.4. The van der Waals surface area contributed by atoms with Gasteiger partial charge >= 0.3 is 0 Å². The molecule has 1 saturated carbocycles. The van der Waals surface area contributed by atoms with Crippen molar-refractivity contribution < 1.29 is 4.79 Å². The first kappa shape index (κ1) is 15.3. The van der Waals surface area contributed by atoms with Crippen LogP contribution in [0.15, 0.2) is 4.99 Å². The molecule has 0 aromatic heterocycles. The molecule has 0 aromatic carbocycles. The summed E-state index contributed by atoms with van der Waals surface area (Å²) in [7, 11) is 0. The van der Waals surface area contributed by atoms with Crippen molar-refractivity contribution >= 4 is 11.7 Å². The Morgan fingerprint density at radius 2 is 2.05 bits per heavy atom. The predicted molar refractivity (Wildman–Crippen MR) is 82.9 cm³/mol. The molecule has 2 aliphatic rings. The van der Waals surface area contributed by atoms with E-state index in [0.717, 1.165) is 45.3 Å². The third-order valence-electron chi connectivity index (χ3n) is 4.50. The number of nitrogens with zero attached hydrogens (tertiary/aromatic N) is 2. The fourth-order valence-corrected chi connectivity index (χ4v) is 3.49. The molecule has 1 aliphatic heterocycles. The minimum Gasteiger partial charge on any atom is -0.357 e. The number of carbonyl (C=O) groups is 1. The molecule has 0 unspecified atom stereocenters. The van der Waals surface area contributed by atoms with E-state index in [0.29, 0.717) is 12.0 Å². The molecular weight excluding hydrogens is 250 g/mol. The van der Waals surface area contributed by atoms with Crippen LogP contribution in [0.3, 0.4) is 0 Å². The quantitative estimate of drug-likeness (QED) is 0.859. The van der Waals surface area contributed by atoms with Gasteiger partial charge in [-0.2, -0.15) is 0 Å². The van der Waals surface area contributed by atoms with E-state index < -0.39 is 0 Å². The molecule has 1 fully saturated rings. The number of carbonyl (C=O) groups excluding carboxylic acids is 1. The first-order chi connectivity index (χ1) is 9.63. The summed E-state index contributed by atoms with van der Waals surface area (Å²) < 4.78 is 0. The summed E-state index contributed by atoms with van der Waals surface area (Å²) in [5.41, 5.74) is 0. The van der Waals surface area contributed by atoms with E-state index in [1.807, 2.05) is 6.92 Å². The lowest BCUT2D eigenvalue weighted by atomic mass is 9.84. The fraction of sp³-hybridized carbons (Fsp3) is 0.875. The minimum absolute atomic E-state index is 0.232. The Morgan fingerprint density at radius 3 is 2.65 bits per heavy atom. The fourth-order valence-electron chi connectivity index (χ4n) is 3.49. The van der Waals surface area contributed by atoms with Crippen molar-refractivity contribution in [1.82, 2.24) is 10.2 Å². The van der Waals surface area contributed by atoms with E-state index in [2.05, 4.69) is 24.1 Å². The molecule has 114 valence electrons. The van der Waals surface area contributed by atoms with Gasteiger partial charge in [-0.25, -0.2) is 0 Å². The van der Waals surface area contributed by atoms with Crippen LogP contribution in [0.1, 0.15) is 52.9 Å². The maximum absolute atomic E-state index is 11.9. The zero-order valence-electron chi connectivity index (χ0n) is 13.2. The summed E-state index contributed by atoms with van der Waals surface area (Å²) in [5.74, 6) is 2.28. The van der Waals surface area contributed by atoms with Gasteiger partial charge < -0.3 is 10.2 Å². The second-order valence-corrected chi connectivity index (χ2v) is 6.34. The number of hydrogen-bond donors (Lipinski definition) is 1. The third kappa shape index (κ3) is 3.53. The highest BCUT2D eigenvalue weighted by Crippen LogP contribution is 2.29. The van der Waals surface area contributed by atoms with Crippen LogP contribution in [-0.4, -0.2) is 42.3 Å². The Kier molecular flexibility index (Phi) is 5.44. The van der Waals surface area contributed by atoms with E-state index in [1.165, 1.54) is 12.3 Å². The van der Waals surface area contributed by atoms with Gasteiger partial charge in [-0.1, -0.05) is 13.8 Å². The monoisotopic (exact) mass is 279 g/mol. The molecule has 0 saturated heterocycles. The Morgan fingerprint density at radius 1 is 1.35 bits per heavy atom. The second-order valence-electron chi connectivity index (χ2n) is 6.34. The first-order valence-corrected chi connectivity index (χ1v) is 8.22. The number of hydrogen-bond acceptors (Lipinski definition) is 3. The van der Waals surface area contributed by atoms with Crippen LogP contribution in [0, 0.1) is 11.8 Å². The summed E-state index contributed by atoms with van der Waals surface area (Å²) in [6, 6.07) is 0.599. The molecule has 1 N–H and O–H groups in total. The second kappa shape index (κ2) is 7.09. The topological polar surface area (TPSA) is 44.7 Å². The molecule has 0 radical (unpaired) electrons. The molecule has 1 amide bonds. The van der Waals surface area contributed by atoms with Crippen molar-refractivity contribution in [2.45, 2.75) is 58.9 Å². The van der Waals surface area contributed by atoms with Gasteiger partial charge in [-0.05, 0) is 39.0 Å². The average Bonchev–Trinajstić information content (AvgIpc) is 2.47. The van der Waals surface area contributed by atoms with E-state index in [1.54, 1.807) is 0 Å². The highest BCUT2D eigenvalue weighted by molar-refractivity contribution is 5.85. The average molecular weight is 279 g/mol. The van der Waals surface area contributed by atoms with Gasteiger partial charge in [0.05, 0.1) is 0 Å². The molecule has 20 heavy (non-hydrogen) atoms. The van der Waals surface area contributed by atoms with Crippen LogP contribution in [0.2, 0.25) is 0 Å². The lowest BCUT2D eigenvalue weighted by molar-refractivity contribution is -0.126. The minimum atomic E-state index is 0.232. The molecule has 2 rings (SSSR count). The molecule has 4 heteroatoms. The Hall–Kier alpha value is -1.06. The van der Waals surface area contributed by atoms with Crippen LogP contribution < -0.4 is 5.32 Å². The number of amides is 1. The SMILES string of the molecule is CCNC(=O)C1CCC(N2CCCN=C2C(C)C)CC1. The van der Waals surface area contributed by atoms with Crippen LogP contribution in [-0.2, 0) is 4.79 Å². The Labute approximate surface area is 123 Å². The summed E-state index contributed by atoms with van der Waals surface area (Å²) >= 11 is 0. The van der Waals surface area contributed by atoms with Gasteiger partial charge in [0.2, 0.25) is 5.91 Å². The van der Waals surface area contributed by atoms with Crippen molar-refractivity contribution in [3.05, 3.63) is 0 Å². The predicted octanol–water partition coefficient (Wildman–Crippen LogP) is 2.44. The van der Waals surface area contributed by atoms with Gasteiger partial charge in [0.1, 0.15) is 5.84 Å². The van der Waals surface area contributed by atoms with Gasteiger partial charge in [0, 0.05) is 37.5 Å². The highest BCUT2D eigenvalue weighted by Gasteiger charge is 2.31. The van der Waals surface area contributed by atoms with Crippen molar-refractivity contribution in [1.29, 1.82) is 0 Å². The lowest BCUT2D eigenvalue weighted by Crippen LogP contribution is -2.48. The molecular formula is C16H29N3O. The van der Waals surface area contributed by atoms with Gasteiger partial charge in [-0.15, -0.1) is 0 Å². The van der Waals surface area contributed by atoms with Gasteiger partial charge in [0.15, 0.2) is 0 Å². The van der Waals surface area contributed by atoms with Crippen LogP contribution in [0.5, 0.6) is 0 Å². The number of rotatable bonds is 4. The van der Waals surface area contributed by atoms with Crippen molar-refractivity contribution in [2.75, 3.05) is 19.6 Å². The molecule has 0 spiro atoms. The van der Waals surface area contributed by atoms with Crippen molar-refractivity contribution in [3.63, 3.8) is 0 Å². The van der Waals surface area contributed by atoms with Crippen molar-refractivity contribution in [2.24, 2.45) is 16.8 Å². The number of aliphatic imine (C=N–C) groups is 1. The lowest BCUT2D eigenvalue weighted by Gasteiger charge is -2.41. The highest BCUT2D eigenvalue weighted by atomic mass is 16.1.